The maximum Gasteiger partial charge on any atom is 0.0671 e. The summed E-state index contributed by atoms with van der Waals surface area (Å²) in [4.78, 5) is 2.21. The van der Waals surface area contributed by atoms with Crippen molar-refractivity contribution in [3.05, 3.63) is 29.8 Å². The molecule has 0 aliphatic carbocycles. The predicted octanol–water partition coefficient (Wildman–Crippen LogP) is 2.69. The van der Waals surface area contributed by atoms with Crippen LogP contribution in [0.25, 0.3) is 0 Å². The van der Waals surface area contributed by atoms with Crippen LogP contribution < -0.4 is 10.6 Å². The zero-order valence-corrected chi connectivity index (χ0v) is 10.9. The van der Waals surface area contributed by atoms with Crippen LogP contribution >= 0.6 is 0 Å². The summed E-state index contributed by atoms with van der Waals surface area (Å²) in [5.41, 5.74) is 8.26. The molecule has 1 aromatic rings. The highest BCUT2D eigenvalue weighted by molar-refractivity contribution is 5.55. The van der Waals surface area contributed by atoms with Crippen LogP contribution in [0.4, 0.5) is 5.69 Å². The lowest BCUT2D eigenvalue weighted by Crippen LogP contribution is -2.29. The topological polar surface area (TPSA) is 53.0 Å². The Morgan fingerprint density at radius 1 is 1.35 bits per heavy atom. The van der Waals surface area contributed by atoms with Crippen LogP contribution in [0.2, 0.25) is 0 Å². The average Bonchev–Trinajstić information content (AvgIpc) is 2.35. The van der Waals surface area contributed by atoms with Gasteiger partial charge in [0.25, 0.3) is 0 Å². The lowest BCUT2D eigenvalue weighted by atomic mass is 10.0. The number of anilines is 1. The molecule has 1 unspecified atom stereocenters. The first kappa shape index (κ1) is 13.5. The molecule has 2 atom stereocenters. The number of hydrogen-bond acceptors (Lipinski definition) is 3. The molecule has 0 aromatic heterocycles. The summed E-state index contributed by atoms with van der Waals surface area (Å²) in [7, 11) is 0. The molecule has 92 valence electrons. The SMILES string of the molecule is CCN(CC(C)C#N)c1ccccc1[C@H](C)N. The lowest BCUT2D eigenvalue weighted by Gasteiger charge is -2.27. The number of nitrogens with two attached hydrogens (primary N) is 1. The molecular formula is C14H21N3. The molecule has 17 heavy (non-hydrogen) atoms. The van der Waals surface area contributed by atoms with Crippen LogP contribution in [-0.4, -0.2) is 13.1 Å². The Kier molecular flexibility index (Phi) is 4.99. The predicted molar refractivity (Wildman–Crippen MR) is 71.7 cm³/mol. The largest absolute Gasteiger partial charge is 0.370 e. The molecule has 0 aliphatic heterocycles. The zero-order chi connectivity index (χ0) is 12.8. The van der Waals surface area contributed by atoms with E-state index in [1.807, 2.05) is 26.0 Å². The van der Waals surface area contributed by atoms with Gasteiger partial charge in [0, 0.05) is 24.8 Å². The first-order valence-electron chi connectivity index (χ1n) is 6.09. The molecule has 0 saturated heterocycles. The maximum absolute atomic E-state index is 8.90. The van der Waals surface area contributed by atoms with Crippen molar-refractivity contribution in [2.24, 2.45) is 11.7 Å². The molecule has 0 spiro atoms. The van der Waals surface area contributed by atoms with Crippen molar-refractivity contribution < 1.29 is 0 Å². The van der Waals surface area contributed by atoms with Gasteiger partial charge in [0.05, 0.1) is 12.0 Å². The molecule has 2 N–H and O–H groups in total. The fourth-order valence-electron chi connectivity index (χ4n) is 1.93. The molecule has 0 bridgehead atoms. The number of rotatable bonds is 5. The van der Waals surface area contributed by atoms with E-state index in [-0.39, 0.29) is 12.0 Å². The molecule has 0 saturated carbocycles. The fourth-order valence-corrected chi connectivity index (χ4v) is 1.93. The van der Waals surface area contributed by atoms with Crippen molar-refractivity contribution in [2.75, 3.05) is 18.0 Å². The molecule has 1 rings (SSSR count). The second-order valence-corrected chi connectivity index (χ2v) is 4.42. The van der Waals surface area contributed by atoms with Crippen molar-refractivity contribution >= 4 is 5.69 Å². The second kappa shape index (κ2) is 6.27. The minimum Gasteiger partial charge on any atom is -0.370 e. The molecule has 3 nitrogen and oxygen atoms in total. The zero-order valence-electron chi connectivity index (χ0n) is 10.9. The van der Waals surface area contributed by atoms with E-state index < -0.39 is 0 Å². The highest BCUT2D eigenvalue weighted by atomic mass is 15.1. The smallest absolute Gasteiger partial charge is 0.0671 e. The molecule has 0 fully saturated rings. The number of nitrogens with zero attached hydrogens (tertiary/aromatic N) is 2. The van der Waals surface area contributed by atoms with Gasteiger partial charge in [0.15, 0.2) is 0 Å². The van der Waals surface area contributed by atoms with E-state index in [0.717, 1.165) is 24.3 Å². The summed E-state index contributed by atoms with van der Waals surface area (Å²) >= 11 is 0. The van der Waals surface area contributed by atoms with Crippen LogP contribution in [0.1, 0.15) is 32.4 Å². The lowest BCUT2D eigenvalue weighted by molar-refractivity contribution is 0.678. The van der Waals surface area contributed by atoms with E-state index in [1.165, 1.54) is 0 Å². The molecular weight excluding hydrogens is 210 g/mol. The normalized spacial score (nSPS) is 13.8. The molecule has 0 amide bonds. The van der Waals surface area contributed by atoms with Gasteiger partial charge < -0.3 is 10.6 Å². The van der Waals surface area contributed by atoms with Gasteiger partial charge in [-0.25, -0.2) is 0 Å². The van der Waals surface area contributed by atoms with Crippen molar-refractivity contribution in [2.45, 2.75) is 26.8 Å². The highest BCUT2D eigenvalue weighted by Gasteiger charge is 2.14. The van der Waals surface area contributed by atoms with E-state index in [9.17, 15) is 0 Å². The fraction of sp³-hybridized carbons (Fsp3) is 0.500. The first-order valence-corrected chi connectivity index (χ1v) is 6.09. The van der Waals surface area contributed by atoms with E-state index in [0.29, 0.717) is 0 Å². The Morgan fingerprint density at radius 3 is 2.53 bits per heavy atom. The molecule has 3 heteroatoms. The van der Waals surface area contributed by atoms with Crippen molar-refractivity contribution in [1.82, 2.24) is 0 Å². The summed E-state index contributed by atoms with van der Waals surface area (Å²) in [5.74, 6) is 0.0242. The highest BCUT2D eigenvalue weighted by Crippen LogP contribution is 2.25. The quantitative estimate of drug-likeness (QED) is 0.847. The summed E-state index contributed by atoms with van der Waals surface area (Å²) < 4.78 is 0. The summed E-state index contributed by atoms with van der Waals surface area (Å²) in [5, 5.41) is 8.90. The number of hydrogen-bond donors (Lipinski definition) is 1. The monoisotopic (exact) mass is 231 g/mol. The van der Waals surface area contributed by atoms with Crippen LogP contribution in [0.15, 0.2) is 24.3 Å². The molecule has 1 aromatic carbocycles. The Bertz CT molecular complexity index is 393. The third kappa shape index (κ3) is 3.47. The summed E-state index contributed by atoms with van der Waals surface area (Å²) in [6, 6.07) is 10.4. The van der Waals surface area contributed by atoms with Crippen LogP contribution in [0.5, 0.6) is 0 Å². The standard InChI is InChI=1S/C14H21N3/c1-4-17(10-11(2)9-15)14-8-6-5-7-13(14)12(3)16/h5-8,11-12H,4,10,16H2,1-3H3/t11?,12-/m0/s1. The van der Waals surface area contributed by atoms with Gasteiger partial charge in [-0.15, -0.1) is 0 Å². The third-order valence-electron chi connectivity index (χ3n) is 2.86. The van der Waals surface area contributed by atoms with E-state index in [2.05, 4.69) is 30.0 Å². The summed E-state index contributed by atoms with van der Waals surface area (Å²) in [6.45, 7) is 7.66. The van der Waals surface area contributed by atoms with Crippen molar-refractivity contribution in [1.29, 1.82) is 5.26 Å². The van der Waals surface area contributed by atoms with E-state index in [4.69, 9.17) is 11.0 Å². The van der Waals surface area contributed by atoms with E-state index >= 15 is 0 Å². The molecule has 0 aliphatic rings. The average molecular weight is 231 g/mol. The van der Waals surface area contributed by atoms with Gasteiger partial charge in [-0.2, -0.15) is 5.26 Å². The number of nitriles is 1. The van der Waals surface area contributed by atoms with Crippen LogP contribution in [0, 0.1) is 17.2 Å². The van der Waals surface area contributed by atoms with Crippen molar-refractivity contribution in [3.63, 3.8) is 0 Å². The van der Waals surface area contributed by atoms with Gasteiger partial charge in [0.2, 0.25) is 0 Å². The Morgan fingerprint density at radius 2 is 2.00 bits per heavy atom. The minimum absolute atomic E-state index is 0.0117. The first-order chi connectivity index (χ1) is 8.10. The minimum atomic E-state index is 0.0117. The maximum atomic E-state index is 8.90. The van der Waals surface area contributed by atoms with E-state index in [1.54, 1.807) is 0 Å². The van der Waals surface area contributed by atoms with Crippen LogP contribution in [0.3, 0.4) is 0 Å². The van der Waals surface area contributed by atoms with Gasteiger partial charge >= 0.3 is 0 Å². The Balaban J connectivity index is 2.99. The van der Waals surface area contributed by atoms with Crippen LogP contribution in [-0.2, 0) is 0 Å². The van der Waals surface area contributed by atoms with Gasteiger partial charge in [0.1, 0.15) is 0 Å². The number of para-hydroxylation sites is 1. The third-order valence-corrected chi connectivity index (χ3v) is 2.86. The molecule has 0 heterocycles. The van der Waals surface area contributed by atoms with Crippen molar-refractivity contribution in [3.8, 4) is 6.07 Å². The van der Waals surface area contributed by atoms with Gasteiger partial charge in [-0.1, -0.05) is 18.2 Å². The Hall–Kier alpha value is -1.53. The van der Waals surface area contributed by atoms with Gasteiger partial charge in [-0.05, 0) is 32.4 Å². The second-order valence-electron chi connectivity index (χ2n) is 4.42. The Labute approximate surface area is 104 Å². The number of benzene rings is 1. The molecule has 0 radical (unpaired) electrons. The van der Waals surface area contributed by atoms with Gasteiger partial charge in [-0.3, -0.25) is 0 Å². The summed E-state index contributed by atoms with van der Waals surface area (Å²) in [6.07, 6.45) is 0.